The van der Waals surface area contributed by atoms with E-state index in [1.807, 2.05) is 49.4 Å². The lowest BCUT2D eigenvalue weighted by molar-refractivity contribution is -0.113. The zero-order valence-corrected chi connectivity index (χ0v) is 17.2. The lowest BCUT2D eigenvalue weighted by atomic mass is 10.0. The third-order valence-corrected chi connectivity index (χ3v) is 5.65. The first-order chi connectivity index (χ1) is 13.5. The SMILES string of the molecule is CCc1cccc(CC)c1NC(=O)CSc1nc2ccc(C)cc2cc1C#N. The van der Waals surface area contributed by atoms with Crippen LogP contribution in [0.2, 0.25) is 0 Å². The number of carbonyl (C=O) groups is 1. The normalized spacial score (nSPS) is 10.6. The number of aromatic nitrogens is 1. The molecule has 28 heavy (non-hydrogen) atoms. The van der Waals surface area contributed by atoms with Gasteiger partial charge in [0.15, 0.2) is 0 Å². The number of carbonyl (C=O) groups excluding carboxylic acids is 1. The smallest absolute Gasteiger partial charge is 0.234 e. The van der Waals surface area contributed by atoms with Crippen molar-refractivity contribution in [2.75, 3.05) is 11.1 Å². The predicted octanol–water partition coefficient (Wildman–Crippen LogP) is 5.27. The van der Waals surface area contributed by atoms with Gasteiger partial charge in [-0.25, -0.2) is 4.98 Å². The van der Waals surface area contributed by atoms with Gasteiger partial charge in [0.05, 0.1) is 16.8 Å². The molecule has 0 aliphatic rings. The minimum atomic E-state index is -0.0877. The van der Waals surface area contributed by atoms with Crippen molar-refractivity contribution in [3.8, 4) is 6.07 Å². The maximum absolute atomic E-state index is 12.6. The van der Waals surface area contributed by atoms with E-state index in [4.69, 9.17) is 0 Å². The average molecular weight is 390 g/mol. The van der Waals surface area contributed by atoms with Gasteiger partial charge in [0.1, 0.15) is 11.1 Å². The van der Waals surface area contributed by atoms with Gasteiger partial charge in [-0.2, -0.15) is 5.26 Å². The first-order valence-corrected chi connectivity index (χ1v) is 10.4. The summed E-state index contributed by atoms with van der Waals surface area (Å²) in [6.07, 6.45) is 1.72. The fourth-order valence-corrected chi connectivity index (χ4v) is 3.94. The summed E-state index contributed by atoms with van der Waals surface area (Å²) in [4.78, 5) is 17.2. The molecule has 0 aliphatic heterocycles. The second kappa shape index (κ2) is 8.90. The largest absolute Gasteiger partial charge is 0.325 e. The zero-order chi connectivity index (χ0) is 20.1. The number of hydrogen-bond donors (Lipinski definition) is 1. The number of nitrogens with one attached hydrogen (secondary N) is 1. The third kappa shape index (κ3) is 4.35. The van der Waals surface area contributed by atoms with Crippen molar-refractivity contribution in [1.29, 1.82) is 5.26 Å². The highest BCUT2D eigenvalue weighted by atomic mass is 32.2. The van der Waals surface area contributed by atoms with Gasteiger partial charge in [0.2, 0.25) is 5.91 Å². The second-order valence-electron chi connectivity index (χ2n) is 6.64. The molecule has 0 bridgehead atoms. The van der Waals surface area contributed by atoms with Crippen molar-refractivity contribution >= 4 is 34.3 Å². The Morgan fingerprint density at radius 2 is 1.86 bits per heavy atom. The van der Waals surface area contributed by atoms with Gasteiger partial charge in [-0.1, -0.05) is 55.4 Å². The van der Waals surface area contributed by atoms with Crippen molar-refractivity contribution in [2.24, 2.45) is 0 Å². The van der Waals surface area contributed by atoms with Gasteiger partial charge in [-0.3, -0.25) is 4.79 Å². The molecule has 1 N–H and O–H groups in total. The number of benzene rings is 2. The molecular weight excluding hydrogens is 366 g/mol. The summed E-state index contributed by atoms with van der Waals surface area (Å²) in [5.41, 5.74) is 5.64. The van der Waals surface area contributed by atoms with Crippen LogP contribution in [-0.2, 0) is 17.6 Å². The number of nitrogens with zero attached hydrogens (tertiary/aromatic N) is 2. The van der Waals surface area contributed by atoms with Crippen molar-refractivity contribution in [1.82, 2.24) is 4.98 Å². The molecule has 0 atom stereocenters. The Kier molecular flexibility index (Phi) is 6.33. The predicted molar refractivity (Wildman–Crippen MR) is 116 cm³/mol. The maximum atomic E-state index is 12.6. The standard InChI is InChI=1S/C23H23N3OS/c1-4-16-7-6-8-17(5-2)22(16)26-21(27)14-28-23-19(13-24)12-18-11-15(3)9-10-20(18)25-23/h6-12H,4-5,14H2,1-3H3,(H,26,27). The van der Waals surface area contributed by atoms with Gasteiger partial charge >= 0.3 is 0 Å². The van der Waals surface area contributed by atoms with E-state index in [9.17, 15) is 10.1 Å². The fraction of sp³-hybridized carbons (Fsp3) is 0.261. The quantitative estimate of drug-likeness (QED) is 0.583. The van der Waals surface area contributed by atoms with Crippen LogP contribution in [0.15, 0.2) is 47.5 Å². The molecule has 0 fully saturated rings. The van der Waals surface area contributed by atoms with E-state index in [0.29, 0.717) is 10.6 Å². The van der Waals surface area contributed by atoms with Crippen LogP contribution in [0.4, 0.5) is 5.69 Å². The van der Waals surface area contributed by atoms with Crippen molar-refractivity contribution in [3.63, 3.8) is 0 Å². The Bertz CT molecular complexity index is 1050. The molecule has 142 valence electrons. The summed E-state index contributed by atoms with van der Waals surface area (Å²) >= 11 is 1.30. The zero-order valence-electron chi connectivity index (χ0n) is 16.4. The molecule has 0 saturated heterocycles. The van der Waals surface area contributed by atoms with Crippen LogP contribution in [0.25, 0.3) is 10.9 Å². The van der Waals surface area contributed by atoms with Crippen LogP contribution in [0, 0.1) is 18.3 Å². The molecule has 1 heterocycles. The lowest BCUT2D eigenvalue weighted by Gasteiger charge is -2.14. The minimum Gasteiger partial charge on any atom is -0.325 e. The molecule has 0 aliphatic carbocycles. The molecule has 0 spiro atoms. The number of amides is 1. The molecule has 2 aromatic carbocycles. The van der Waals surface area contributed by atoms with E-state index in [-0.39, 0.29) is 11.7 Å². The number of pyridine rings is 1. The highest BCUT2D eigenvalue weighted by molar-refractivity contribution is 8.00. The lowest BCUT2D eigenvalue weighted by Crippen LogP contribution is -2.17. The Hall–Kier alpha value is -2.84. The van der Waals surface area contributed by atoms with E-state index in [0.717, 1.165) is 46.1 Å². The minimum absolute atomic E-state index is 0.0877. The van der Waals surface area contributed by atoms with Gasteiger partial charge < -0.3 is 5.32 Å². The first-order valence-electron chi connectivity index (χ1n) is 9.40. The summed E-state index contributed by atoms with van der Waals surface area (Å²) < 4.78 is 0. The molecule has 4 nitrogen and oxygen atoms in total. The molecule has 0 unspecified atom stereocenters. The van der Waals surface area contributed by atoms with Crippen LogP contribution in [-0.4, -0.2) is 16.6 Å². The van der Waals surface area contributed by atoms with Gasteiger partial charge in [-0.15, -0.1) is 0 Å². The molecule has 3 rings (SSSR count). The summed E-state index contributed by atoms with van der Waals surface area (Å²) in [7, 11) is 0. The molecular formula is C23H23N3OS. The van der Waals surface area contributed by atoms with Crippen LogP contribution in [0.5, 0.6) is 0 Å². The van der Waals surface area contributed by atoms with E-state index in [2.05, 4.69) is 30.2 Å². The van der Waals surface area contributed by atoms with Gasteiger partial charge in [0.25, 0.3) is 0 Å². The number of para-hydroxylation sites is 1. The number of rotatable bonds is 6. The van der Waals surface area contributed by atoms with E-state index < -0.39 is 0 Å². The average Bonchev–Trinajstić information content (AvgIpc) is 2.71. The number of anilines is 1. The van der Waals surface area contributed by atoms with E-state index in [1.165, 1.54) is 11.8 Å². The van der Waals surface area contributed by atoms with E-state index in [1.54, 1.807) is 0 Å². The summed E-state index contributed by atoms with van der Waals surface area (Å²) in [6, 6.07) is 16.1. The molecule has 5 heteroatoms. The van der Waals surface area contributed by atoms with Crippen molar-refractivity contribution < 1.29 is 4.79 Å². The number of aryl methyl sites for hydroxylation is 3. The topological polar surface area (TPSA) is 65.8 Å². The number of hydrogen-bond acceptors (Lipinski definition) is 4. The highest BCUT2D eigenvalue weighted by Crippen LogP contribution is 2.27. The molecule has 1 amide bonds. The molecule has 0 radical (unpaired) electrons. The van der Waals surface area contributed by atoms with Gasteiger partial charge in [-0.05, 0) is 49.1 Å². The first kappa shape index (κ1) is 19.9. The van der Waals surface area contributed by atoms with Crippen molar-refractivity contribution in [3.05, 3.63) is 64.7 Å². The Balaban J connectivity index is 1.78. The summed E-state index contributed by atoms with van der Waals surface area (Å²) in [5.74, 6) is 0.121. The summed E-state index contributed by atoms with van der Waals surface area (Å²) in [6.45, 7) is 6.18. The van der Waals surface area contributed by atoms with Crippen LogP contribution < -0.4 is 5.32 Å². The molecule has 3 aromatic rings. The molecule has 1 aromatic heterocycles. The van der Waals surface area contributed by atoms with Crippen molar-refractivity contribution in [2.45, 2.75) is 38.6 Å². The van der Waals surface area contributed by atoms with Crippen LogP contribution in [0.3, 0.4) is 0 Å². The second-order valence-corrected chi connectivity index (χ2v) is 7.61. The third-order valence-electron chi connectivity index (χ3n) is 4.66. The number of nitriles is 1. The summed E-state index contributed by atoms with van der Waals surface area (Å²) in [5, 5.41) is 14.1. The Morgan fingerprint density at radius 3 is 2.50 bits per heavy atom. The maximum Gasteiger partial charge on any atom is 0.234 e. The van der Waals surface area contributed by atoms with Crippen LogP contribution in [0.1, 0.15) is 36.1 Å². The molecule has 0 saturated carbocycles. The highest BCUT2D eigenvalue weighted by Gasteiger charge is 2.13. The number of thioether (sulfide) groups is 1. The Morgan fingerprint density at radius 1 is 1.14 bits per heavy atom. The fourth-order valence-electron chi connectivity index (χ4n) is 3.18. The number of fused-ring (bicyclic) bond motifs is 1. The monoisotopic (exact) mass is 389 g/mol. The van der Waals surface area contributed by atoms with Gasteiger partial charge in [0, 0.05) is 11.1 Å². The van der Waals surface area contributed by atoms with E-state index >= 15 is 0 Å². The van der Waals surface area contributed by atoms with Crippen LogP contribution >= 0.6 is 11.8 Å². The Labute approximate surface area is 170 Å².